The zero-order chi connectivity index (χ0) is 17.5. The summed E-state index contributed by atoms with van der Waals surface area (Å²) in [6.07, 6.45) is -0.466. The number of ketones is 1. The second-order valence-electron chi connectivity index (χ2n) is 7.11. The number of benzene rings is 1. The molecule has 0 aliphatic carbocycles. The molecule has 1 heterocycles. The maximum Gasteiger partial charge on any atom is 0.415 e. The van der Waals surface area contributed by atoms with Gasteiger partial charge in [0.1, 0.15) is 5.54 Å². The van der Waals surface area contributed by atoms with E-state index in [9.17, 15) is 9.59 Å². The molecular formula is C18H24BrNO3. The van der Waals surface area contributed by atoms with Crippen LogP contribution >= 0.6 is 15.9 Å². The fraction of sp³-hybridized carbons (Fsp3) is 0.556. The summed E-state index contributed by atoms with van der Waals surface area (Å²) in [6, 6.07) is 3.88. The molecule has 0 N–H and O–H groups in total. The van der Waals surface area contributed by atoms with Crippen molar-refractivity contribution in [1.82, 2.24) is 0 Å². The molecule has 1 atom stereocenters. The molecule has 0 saturated carbocycles. The smallest absolute Gasteiger partial charge is 0.415 e. The highest BCUT2D eigenvalue weighted by atomic mass is 79.9. The maximum atomic E-state index is 12.8. The summed E-state index contributed by atoms with van der Waals surface area (Å²) in [6.45, 7) is 11.7. The number of ether oxygens (including phenoxy) is 1. The standard InChI is InChI=1S/C18H24BrNO3/c1-10(2)9-23-17(22)20-15-7-11(3)14(19)8-13(15)12(4)16(21)18(20,5)6/h7-8,10,12H,9H2,1-6H3. The molecule has 2 rings (SSSR count). The van der Waals surface area contributed by atoms with Gasteiger partial charge in [-0.15, -0.1) is 0 Å². The van der Waals surface area contributed by atoms with Crippen molar-refractivity contribution in [2.75, 3.05) is 11.5 Å². The number of hydrogen-bond donors (Lipinski definition) is 0. The third kappa shape index (κ3) is 3.16. The van der Waals surface area contributed by atoms with E-state index in [0.29, 0.717) is 6.61 Å². The fourth-order valence-electron chi connectivity index (χ4n) is 2.93. The monoisotopic (exact) mass is 381 g/mol. The molecule has 1 unspecified atom stereocenters. The number of amides is 1. The lowest BCUT2D eigenvalue weighted by molar-refractivity contribution is -0.124. The Hall–Kier alpha value is -1.36. The molecular weight excluding hydrogens is 358 g/mol. The van der Waals surface area contributed by atoms with Gasteiger partial charge in [0, 0.05) is 10.4 Å². The Morgan fingerprint density at radius 2 is 2.00 bits per heavy atom. The first-order chi connectivity index (χ1) is 10.6. The predicted molar refractivity (Wildman–Crippen MR) is 95.0 cm³/mol. The van der Waals surface area contributed by atoms with E-state index in [2.05, 4.69) is 15.9 Å². The van der Waals surface area contributed by atoms with Crippen molar-refractivity contribution in [2.24, 2.45) is 5.92 Å². The molecule has 1 aliphatic heterocycles. The topological polar surface area (TPSA) is 46.6 Å². The van der Waals surface area contributed by atoms with Gasteiger partial charge in [0.05, 0.1) is 12.3 Å². The Balaban J connectivity index is 2.55. The van der Waals surface area contributed by atoms with E-state index >= 15 is 0 Å². The highest BCUT2D eigenvalue weighted by molar-refractivity contribution is 9.10. The highest BCUT2D eigenvalue weighted by Gasteiger charge is 2.47. The van der Waals surface area contributed by atoms with Crippen LogP contribution in [0.4, 0.5) is 10.5 Å². The number of aryl methyl sites for hydroxylation is 1. The minimum Gasteiger partial charge on any atom is -0.449 e. The zero-order valence-electron chi connectivity index (χ0n) is 14.6. The van der Waals surface area contributed by atoms with Crippen LogP contribution in [0.15, 0.2) is 16.6 Å². The molecule has 0 aromatic heterocycles. The van der Waals surface area contributed by atoms with Crippen LogP contribution < -0.4 is 4.90 Å². The molecule has 0 fully saturated rings. The zero-order valence-corrected chi connectivity index (χ0v) is 16.2. The molecule has 1 amide bonds. The summed E-state index contributed by atoms with van der Waals surface area (Å²) in [7, 11) is 0. The minimum absolute atomic E-state index is 0.0160. The first kappa shape index (κ1) is 18.0. The second kappa shape index (κ2) is 6.27. The van der Waals surface area contributed by atoms with Crippen LogP contribution in [0, 0.1) is 12.8 Å². The summed E-state index contributed by atoms with van der Waals surface area (Å²) in [5.74, 6) is 0.000834. The van der Waals surface area contributed by atoms with Crippen LogP contribution in [0.2, 0.25) is 0 Å². The molecule has 0 bridgehead atoms. The maximum absolute atomic E-state index is 12.8. The van der Waals surface area contributed by atoms with Crippen LogP contribution in [0.3, 0.4) is 0 Å². The summed E-state index contributed by atoms with van der Waals surface area (Å²) in [5, 5.41) is 0. The second-order valence-corrected chi connectivity index (χ2v) is 7.97. The summed E-state index contributed by atoms with van der Waals surface area (Å²) in [4.78, 5) is 27.0. The fourth-order valence-corrected chi connectivity index (χ4v) is 3.29. The van der Waals surface area contributed by atoms with Gasteiger partial charge in [-0.25, -0.2) is 4.79 Å². The molecule has 0 radical (unpaired) electrons. The van der Waals surface area contributed by atoms with Gasteiger partial charge in [0.15, 0.2) is 5.78 Å². The van der Waals surface area contributed by atoms with Gasteiger partial charge in [-0.05, 0) is 49.9 Å². The number of carbonyl (C=O) groups is 2. The largest absolute Gasteiger partial charge is 0.449 e. The van der Waals surface area contributed by atoms with Crippen LogP contribution in [0.5, 0.6) is 0 Å². The molecule has 5 heteroatoms. The number of nitrogens with zero attached hydrogens (tertiary/aromatic N) is 1. The molecule has 1 aliphatic rings. The molecule has 1 aromatic carbocycles. The number of carbonyl (C=O) groups excluding carboxylic acids is 2. The van der Waals surface area contributed by atoms with Crippen molar-refractivity contribution in [3.63, 3.8) is 0 Å². The summed E-state index contributed by atoms with van der Waals surface area (Å²) in [5.41, 5.74) is 1.70. The minimum atomic E-state index is -0.930. The van der Waals surface area contributed by atoms with E-state index < -0.39 is 11.6 Å². The first-order valence-electron chi connectivity index (χ1n) is 7.88. The van der Waals surface area contributed by atoms with Crippen molar-refractivity contribution in [3.8, 4) is 0 Å². The Bertz CT molecular complexity index is 652. The lowest BCUT2D eigenvalue weighted by atomic mass is 9.78. The third-order valence-electron chi connectivity index (χ3n) is 4.29. The Kier molecular flexibility index (Phi) is 4.90. The lowest BCUT2D eigenvalue weighted by Gasteiger charge is -2.43. The van der Waals surface area contributed by atoms with E-state index in [-0.39, 0.29) is 17.6 Å². The number of hydrogen-bond acceptors (Lipinski definition) is 3. The average Bonchev–Trinajstić information content (AvgIpc) is 2.45. The van der Waals surface area contributed by atoms with Crippen molar-refractivity contribution in [2.45, 2.75) is 53.0 Å². The van der Waals surface area contributed by atoms with Gasteiger partial charge < -0.3 is 4.74 Å². The number of anilines is 1. The number of fused-ring (bicyclic) bond motifs is 1. The first-order valence-corrected chi connectivity index (χ1v) is 8.68. The molecule has 126 valence electrons. The average molecular weight is 382 g/mol. The van der Waals surface area contributed by atoms with Crippen LogP contribution in [-0.2, 0) is 9.53 Å². The molecule has 4 nitrogen and oxygen atoms in total. The summed E-state index contributed by atoms with van der Waals surface area (Å²) < 4.78 is 6.35. The Morgan fingerprint density at radius 3 is 2.57 bits per heavy atom. The van der Waals surface area contributed by atoms with Crippen LogP contribution in [-0.4, -0.2) is 24.0 Å². The quantitative estimate of drug-likeness (QED) is 0.737. The van der Waals surface area contributed by atoms with Crippen molar-refractivity contribution < 1.29 is 14.3 Å². The molecule has 0 spiro atoms. The molecule has 1 aromatic rings. The van der Waals surface area contributed by atoms with Gasteiger partial charge >= 0.3 is 6.09 Å². The van der Waals surface area contributed by atoms with E-state index in [1.165, 1.54) is 4.90 Å². The molecule has 23 heavy (non-hydrogen) atoms. The van der Waals surface area contributed by atoms with Crippen molar-refractivity contribution in [1.29, 1.82) is 0 Å². The summed E-state index contributed by atoms with van der Waals surface area (Å²) >= 11 is 3.51. The number of halogens is 1. The number of Topliss-reactive ketones (excluding diaryl/α,β-unsaturated/α-hetero) is 1. The Morgan fingerprint density at radius 1 is 1.39 bits per heavy atom. The van der Waals surface area contributed by atoms with E-state index in [4.69, 9.17) is 4.74 Å². The van der Waals surface area contributed by atoms with Crippen molar-refractivity contribution in [3.05, 3.63) is 27.7 Å². The van der Waals surface area contributed by atoms with E-state index in [1.807, 2.05) is 39.8 Å². The Labute approximate surface area is 146 Å². The normalized spacial score (nSPS) is 19.7. The predicted octanol–water partition coefficient (Wildman–Crippen LogP) is 4.82. The van der Waals surface area contributed by atoms with Gasteiger partial charge in [0.25, 0.3) is 0 Å². The van der Waals surface area contributed by atoms with Gasteiger partial charge in [-0.2, -0.15) is 0 Å². The van der Waals surface area contributed by atoms with E-state index in [0.717, 1.165) is 21.3 Å². The van der Waals surface area contributed by atoms with Crippen LogP contribution in [0.1, 0.15) is 51.7 Å². The highest BCUT2D eigenvalue weighted by Crippen LogP contribution is 2.43. The lowest BCUT2D eigenvalue weighted by Crippen LogP contribution is -2.58. The third-order valence-corrected chi connectivity index (χ3v) is 5.15. The number of rotatable bonds is 2. The van der Waals surface area contributed by atoms with Gasteiger partial charge in [-0.1, -0.05) is 36.7 Å². The van der Waals surface area contributed by atoms with Gasteiger partial charge in [-0.3, -0.25) is 9.69 Å². The van der Waals surface area contributed by atoms with Crippen LogP contribution in [0.25, 0.3) is 0 Å². The SMILES string of the molecule is Cc1cc2c(cc1Br)C(C)C(=O)C(C)(C)N2C(=O)OCC(C)C. The molecule has 0 saturated heterocycles. The van der Waals surface area contributed by atoms with E-state index in [1.54, 1.807) is 13.8 Å². The van der Waals surface area contributed by atoms with Gasteiger partial charge in [0.2, 0.25) is 0 Å². The van der Waals surface area contributed by atoms with Crippen molar-refractivity contribution >= 4 is 33.5 Å².